The van der Waals surface area contributed by atoms with Crippen LogP contribution in [0.25, 0.3) is 0 Å². The maximum atomic E-state index is 12.5. The maximum Gasteiger partial charge on any atom is 0.270 e. The predicted octanol–water partition coefficient (Wildman–Crippen LogP) is 2.16. The quantitative estimate of drug-likeness (QED) is 0.909. The van der Waals surface area contributed by atoms with Gasteiger partial charge in [0, 0.05) is 24.3 Å². The van der Waals surface area contributed by atoms with E-state index in [2.05, 4.69) is 15.9 Å². The van der Waals surface area contributed by atoms with E-state index in [1.807, 2.05) is 28.8 Å². The van der Waals surface area contributed by atoms with Gasteiger partial charge in [0.2, 0.25) is 0 Å². The number of rotatable bonds is 2. The first-order valence-corrected chi connectivity index (χ1v) is 7.11. The summed E-state index contributed by atoms with van der Waals surface area (Å²) < 4.78 is 2.72. The monoisotopic (exact) mass is 314 g/mol. The molecule has 1 saturated heterocycles. The fourth-order valence-electron chi connectivity index (χ4n) is 2.60. The number of aliphatic hydroxyl groups excluding tert-OH is 1. The molecule has 0 unspecified atom stereocenters. The van der Waals surface area contributed by atoms with Crippen LogP contribution < -0.4 is 0 Å². The van der Waals surface area contributed by atoms with E-state index in [1.54, 1.807) is 6.92 Å². The molecule has 2 atom stereocenters. The highest BCUT2D eigenvalue weighted by Crippen LogP contribution is 2.23. The summed E-state index contributed by atoms with van der Waals surface area (Å²) in [5.41, 5.74) is 0.662. The molecule has 4 nitrogen and oxygen atoms in total. The van der Waals surface area contributed by atoms with E-state index < -0.39 is 6.10 Å². The van der Waals surface area contributed by atoms with Crippen LogP contribution in [0, 0.1) is 0 Å². The second kappa shape index (κ2) is 5.45. The van der Waals surface area contributed by atoms with Crippen molar-refractivity contribution in [1.29, 1.82) is 0 Å². The number of carbonyl (C=O) groups excluding carboxylic acids is 1. The first-order valence-electron chi connectivity index (χ1n) is 6.31. The van der Waals surface area contributed by atoms with Crippen molar-refractivity contribution in [1.82, 2.24) is 9.47 Å². The molecule has 1 aromatic heterocycles. The third-order valence-electron chi connectivity index (χ3n) is 3.56. The van der Waals surface area contributed by atoms with Gasteiger partial charge < -0.3 is 14.6 Å². The lowest BCUT2D eigenvalue weighted by molar-refractivity contribution is 0.0274. The smallest absolute Gasteiger partial charge is 0.270 e. The zero-order chi connectivity index (χ0) is 13.3. The number of aliphatic hydroxyl groups is 1. The minimum absolute atomic E-state index is 0.00815. The lowest BCUT2D eigenvalue weighted by Gasteiger charge is -2.37. The molecule has 1 fully saturated rings. The number of hydrogen-bond acceptors (Lipinski definition) is 2. The van der Waals surface area contributed by atoms with E-state index in [0.29, 0.717) is 5.69 Å². The molecular weight excluding hydrogens is 296 g/mol. The van der Waals surface area contributed by atoms with Crippen molar-refractivity contribution in [3.63, 3.8) is 0 Å². The summed E-state index contributed by atoms with van der Waals surface area (Å²) in [5.74, 6) is 0.00815. The molecule has 100 valence electrons. The van der Waals surface area contributed by atoms with E-state index in [-0.39, 0.29) is 11.9 Å². The van der Waals surface area contributed by atoms with E-state index in [4.69, 9.17) is 0 Å². The molecule has 0 radical (unpaired) electrons. The Kier molecular flexibility index (Phi) is 4.12. The molecule has 0 saturated carbocycles. The van der Waals surface area contributed by atoms with E-state index in [1.165, 1.54) is 0 Å². The summed E-state index contributed by atoms with van der Waals surface area (Å²) in [6, 6.07) is 1.77. The van der Waals surface area contributed by atoms with E-state index >= 15 is 0 Å². The number of aryl methyl sites for hydroxylation is 1. The van der Waals surface area contributed by atoms with Crippen LogP contribution in [0.5, 0.6) is 0 Å². The molecule has 2 heterocycles. The van der Waals surface area contributed by atoms with Crippen LogP contribution in [-0.2, 0) is 7.05 Å². The molecule has 5 heteroatoms. The van der Waals surface area contributed by atoms with Gasteiger partial charge in [0.25, 0.3) is 5.91 Å². The Morgan fingerprint density at radius 2 is 2.28 bits per heavy atom. The van der Waals surface area contributed by atoms with Crippen molar-refractivity contribution in [2.75, 3.05) is 6.54 Å². The number of carbonyl (C=O) groups is 1. The Bertz CT molecular complexity index is 442. The van der Waals surface area contributed by atoms with Gasteiger partial charge >= 0.3 is 0 Å². The lowest BCUT2D eigenvalue weighted by Crippen LogP contribution is -2.49. The van der Waals surface area contributed by atoms with Gasteiger partial charge in [0.1, 0.15) is 5.69 Å². The number of hydrogen-bond donors (Lipinski definition) is 1. The van der Waals surface area contributed by atoms with Crippen LogP contribution in [0.15, 0.2) is 16.7 Å². The Morgan fingerprint density at radius 3 is 2.83 bits per heavy atom. The number of aromatic nitrogens is 1. The number of nitrogens with zero attached hydrogens (tertiary/aromatic N) is 2. The molecule has 1 N–H and O–H groups in total. The van der Waals surface area contributed by atoms with Gasteiger partial charge in [0.15, 0.2) is 0 Å². The van der Waals surface area contributed by atoms with Gasteiger partial charge in [-0.2, -0.15) is 0 Å². The van der Waals surface area contributed by atoms with Gasteiger partial charge in [-0.05, 0) is 48.2 Å². The Balaban J connectivity index is 2.23. The number of halogens is 1. The molecule has 1 aromatic rings. The Hall–Kier alpha value is -0.810. The van der Waals surface area contributed by atoms with Crippen molar-refractivity contribution in [2.45, 2.75) is 38.3 Å². The van der Waals surface area contributed by atoms with Gasteiger partial charge in [-0.15, -0.1) is 0 Å². The summed E-state index contributed by atoms with van der Waals surface area (Å²) in [7, 11) is 1.86. The van der Waals surface area contributed by atoms with Crippen molar-refractivity contribution >= 4 is 21.8 Å². The fourth-order valence-corrected chi connectivity index (χ4v) is 3.12. The zero-order valence-corrected chi connectivity index (χ0v) is 12.4. The topological polar surface area (TPSA) is 45.5 Å². The minimum Gasteiger partial charge on any atom is -0.391 e. The molecular formula is C13H19BrN2O2. The van der Waals surface area contributed by atoms with Gasteiger partial charge in [-0.25, -0.2) is 0 Å². The van der Waals surface area contributed by atoms with Crippen LogP contribution in [0.1, 0.15) is 36.7 Å². The third kappa shape index (κ3) is 2.62. The Morgan fingerprint density at radius 1 is 1.56 bits per heavy atom. The summed E-state index contributed by atoms with van der Waals surface area (Å²) in [6.07, 6.45) is 4.37. The summed E-state index contributed by atoms with van der Waals surface area (Å²) in [4.78, 5) is 14.3. The van der Waals surface area contributed by atoms with Crippen molar-refractivity contribution in [2.24, 2.45) is 7.05 Å². The van der Waals surface area contributed by atoms with Gasteiger partial charge in [-0.1, -0.05) is 0 Å². The maximum absolute atomic E-state index is 12.5. The lowest BCUT2D eigenvalue weighted by atomic mass is 9.98. The van der Waals surface area contributed by atoms with Crippen LogP contribution in [0.3, 0.4) is 0 Å². The normalized spacial score (nSPS) is 22.0. The van der Waals surface area contributed by atoms with E-state index in [9.17, 15) is 9.90 Å². The highest BCUT2D eigenvalue weighted by atomic mass is 79.9. The van der Waals surface area contributed by atoms with E-state index in [0.717, 1.165) is 30.3 Å². The first-order chi connectivity index (χ1) is 8.50. The number of amides is 1. The molecule has 2 rings (SSSR count). The molecule has 0 spiro atoms. The number of piperidine rings is 1. The Labute approximate surface area is 116 Å². The van der Waals surface area contributed by atoms with Crippen LogP contribution in [0.2, 0.25) is 0 Å². The minimum atomic E-state index is -0.474. The summed E-state index contributed by atoms with van der Waals surface area (Å²) >= 11 is 3.38. The summed E-state index contributed by atoms with van der Waals surface area (Å²) in [5, 5.41) is 9.81. The molecule has 18 heavy (non-hydrogen) atoms. The molecule has 0 aromatic carbocycles. The molecule has 1 amide bonds. The highest BCUT2D eigenvalue weighted by molar-refractivity contribution is 9.10. The van der Waals surface area contributed by atoms with Crippen LogP contribution >= 0.6 is 15.9 Å². The fraction of sp³-hybridized carbons (Fsp3) is 0.615. The number of likely N-dealkylation sites (tertiary alicyclic amines) is 1. The third-order valence-corrected chi connectivity index (χ3v) is 3.99. The second-order valence-corrected chi connectivity index (χ2v) is 5.87. The average molecular weight is 315 g/mol. The van der Waals surface area contributed by atoms with Crippen LogP contribution in [-0.4, -0.2) is 39.2 Å². The highest BCUT2D eigenvalue weighted by Gasteiger charge is 2.31. The molecule has 1 aliphatic heterocycles. The standard InChI is InChI=1S/C13H19BrN2O2/c1-9(17)11-5-3-4-6-16(11)13(18)12-7-10(14)8-15(12)2/h7-9,11,17H,3-6H2,1-2H3/t9-,11+/m0/s1. The van der Waals surface area contributed by atoms with Crippen LogP contribution in [0.4, 0.5) is 0 Å². The predicted molar refractivity (Wildman–Crippen MR) is 73.5 cm³/mol. The van der Waals surface area contributed by atoms with Crippen molar-refractivity contribution < 1.29 is 9.90 Å². The van der Waals surface area contributed by atoms with Crippen molar-refractivity contribution in [3.05, 3.63) is 22.4 Å². The van der Waals surface area contributed by atoms with Gasteiger partial charge in [0.05, 0.1) is 12.1 Å². The molecule has 0 aliphatic carbocycles. The largest absolute Gasteiger partial charge is 0.391 e. The molecule has 1 aliphatic rings. The second-order valence-electron chi connectivity index (χ2n) is 4.96. The SMILES string of the molecule is C[C@H](O)[C@H]1CCCCN1C(=O)c1cc(Br)cn1C. The summed E-state index contributed by atoms with van der Waals surface area (Å²) in [6.45, 7) is 2.49. The van der Waals surface area contributed by atoms with Crippen molar-refractivity contribution in [3.8, 4) is 0 Å². The zero-order valence-electron chi connectivity index (χ0n) is 10.8. The average Bonchev–Trinajstić information content (AvgIpc) is 2.67. The van der Waals surface area contributed by atoms with Gasteiger partial charge in [-0.3, -0.25) is 4.79 Å². The first kappa shape index (κ1) is 13.6. The molecule has 0 bridgehead atoms.